The van der Waals surface area contributed by atoms with E-state index in [1.807, 2.05) is 48.5 Å². The Morgan fingerprint density at radius 2 is 1.67 bits per heavy atom. The molecule has 0 fully saturated rings. The summed E-state index contributed by atoms with van der Waals surface area (Å²) in [5.74, 6) is 0.718. The second-order valence-electron chi connectivity index (χ2n) is 7.06. The lowest BCUT2D eigenvalue weighted by Crippen LogP contribution is -2.32. The van der Waals surface area contributed by atoms with Gasteiger partial charge in [0.25, 0.3) is 0 Å². The molecule has 1 aliphatic rings. The van der Waals surface area contributed by atoms with Crippen LogP contribution in [-0.4, -0.2) is 25.9 Å². The fourth-order valence-electron chi connectivity index (χ4n) is 3.34. The summed E-state index contributed by atoms with van der Waals surface area (Å²) in [5, 5.41) is 0. The van der Waals surface area contributed by atoms with E-state index in [4.69, 9.17) is 9.47 Å². The molecule has 0 atom stereocenters. The van der Waals surface area contributed by atoms with E-state index in [0.717, 1.165) is 26.9 Å². The van der Waals surface area contributed by atoms with E-state index in [1.165, 1.54) is 4.31 Å². The summed E-state index contributed by atoms with van der Waals surface area (Å²) in [6.07, 6.45) is 0. The first-order valence-corrected chi connectivity index (χ1v) is 11.9. The summed E-state index contributed by atoms with van der Waals surface area (Å²) in [5.41, 5.74) is 2.94. The monoisotopic (exact) mass is 487 g/mol. The fourth-order valence-corrected chi connectivity index (χ4v) is 5.00. The Bertz CT molecular complexity index is 1100. The second-order valence-corrected chi connectivity index (χ2v) is 9.92. The molecule has 1 heterocycles. The van der Waals surface area contributed by atoms with E-state index in [1.54, 1.807) is 24.3 Å². The van der Waals surface area contributed by atoms with E-state index in [2.05, 4.69) is 15.9 Å². The standard InChI is InChI=1S/C23H22BrNO4S/c24-21-7-9-22(10-8-21)30(26,27)25-12-13-29-23-11-6-19(14-20(23)15-25)17-28-16-18-4-2-1-3-5-18/h1-11,14H,12-13,15-17H2. The lowest BCUT2D eigenvalue weighted by atomic mass is 10.1. The SMILES string of the molecule is O=S(=O)(c1ccc(Br)cc1)N1CCOc2ccc(COCc3ccccc3)cc2C1. The zero-order valence-corrected chi connectivity index (χ0v) is 18.7. The summed E-state index contributed by atoms with van der Waals surface area (Å²) in [7, 11) is -3.61. The molecule has 0 radical (unpaired) electrons. The Morgan fingerprint density at radius 3 is 2.43 bits per heavy atom. The highest BCUT2D eigenvalue weighted by molar-refractivity contribution is 9.10. The van der Waals surface area contributed by atoms with Crippen molar-refractivity contribution in [1.82, 2.24) is 4.31 Å². The molecule has 7 heteroatoms. The molecule has 0 bridgehead atoms. The second kappa shape index (κ2) is 9.31. The number of benzene rings is 3. The van der Waals surface area contributed by atoms with Crippen LogP contribution in [0.2, 0.25) is 0 Å². The molecule has 0 aromatic heterocycles. The molecule has 0 unspecified atom stereocenters. The number of hydrogen-bond acceptors (Lipinski definition) is 4. The molecule has 30 heavy (non-hydrogen) atoms. The molecule has 4 rings (SSSR count). The summed E-state index contributed by atoms with van der Waals surface area (Å²) in [6.45, 7) is 1.85. The maximum absolute atomic E-state index is 13.1. The zero-order valence-electron chi connectivity index (χ0n) is 16.3. The molecule has 5 nitrogen and oxygen atoms in total. The predicted molar refractivity (Wildman–Crippen MR) is 119 cm³/mol. The minimum atomic E-state index is -3.61. The van der Waals surface area contributed by atoms with E-state index in [-0.39, 0.29) is 11.4 Å². The molecule has 0 aliphatic carbocycles. The summed E-state index contributed by atoms with van der Waals surface area (Å²) in [4.78, 5) is 0.275. The molecule has 0 spiro atoms. The summed E-state index contributed by atoms with van der Waals surface area (Å²) >= 11 is 3.35. The third kappa shape index (κ3) is 4.92. The van der Waals surface area contributed by atoms with Crippen LogP contribution in [0.5, 0.6) is 5.75 Å². The maximum Gasteiger partial charge on any atom is 0.243 e. The van der Waals surface area contributed by atoms with E-state index < -0.39 is 10.0 Å². The Balaban J connectivity index is 1.49. The minimum absolute atomic E-state index is 0.264. The van der Waals surface area contributed by atoms with Crippen molar-refractivity contribution < 1.29 is 17.9 Å². The quantitative estimate of drug-likeness (QED) is 0.503. The van der Waals surface area contributed by atoms with Crippen molar-refractivity contribution in [3.05, 3.63) is 94.0 Å². The van der Waals surface area contributed by atoms with Gasteiger partial charge in [-0.2, -0.15) is 4.31 Å². The molecular formula is C23H22BrNO4S. The van der Waals surface area contributed by atoms with Gasteiger partial charge in [0.1, 0.15) is 12.4 Å². The minimum Gasteiger partial charge on any atom is -0.492 e. The van der Waals surface area contributed by atoms with Gasteiger partial charge in [-0.15, -0.1) is 0 Å². The highest BCUT2D eigenvalue weighted by Crippen LogP contribution is 2.28. The first-order valence-electron chi connectivity index (χ1n) is 9.64. The fraction of sp³-hybridized carbons (Fsp3) is 0.217. The zero-order chi connectivity index (χ0) is 21.0. The largest absolute Gasteiger partial charge is 0.492 e. The number of ether oxygens (including phenoxy) is 2. The van der Waals surface area contributed by atoms with Crippen LogP contribution in [0.25, 0.3) is 0 Å². The predicted octanol–water partition coefficient (Wildman–Crippen LogP) is 4.75. The van der Waals surface area contributed by atoms with Crippen LogP contribution in [0.4, 0.5) is 0 Å². The van der Waals surface area contributed by atoms with E-state index in [9.17, 15) is 8.42 Å². The number of nitrogens with zero attached hydrogens (tertiary/aromatic N) is 1. The van der Waals surface area contributed by atoms with Crippen LogP contribution >= 0.6 is 15.9 Å². The van der Waals surface area contributed by atoms with Gasteiger partial charge in [0.15, 0.2) is 0 Å². The highest BCUT2D eigenvalue weighted by Gasteiger charge is 2.27. The molecule has 0 saturated carbocycles. The molecule has 1 aliphatic heterocycles. The van der Waals surface area contributed by atoms with E-state index in [0.29, 0.717) is 26.4 Å². The molecule has 0 amide bonds. The van der Waals surface area contributed by atoms with E-state index >= 15 is 0 Å². The average molecular weight is 488 g/mol. The first kappa shape index (κ1) is 21.1. The normalized spacial score (nSPS) is 14.6. The highest BCUT2D eigenvalue weighted by atomic mass is 79.9. The number of fused-ring (bicyclic) bond motifs is 1. The van der Waals surface area contributed by atoms with Gasteiger partial charge < -0.3 is 9.47 Å². The average Bonchev–Trinajstić information content (AvgIpc) is 2.97. The van der Waals surface area contributed by atoms with Crippen LogP contribution in [0.15, 0.2) is 82.2 Å². The van der Waals surface area contributed by atoms with Gasteiger partial charge >= 0.3 is 0 Å². The van der Waals surface area contributed by atoms with Gasteiger partial charge in [-0.05, 0) is 47.5 Å². The van der Waals surface area contributed by atoms with Gasteiger partial charge in [0.2, 0.25) is 10.0 Å². The topological polar surface area (TPSA) is 55.8 Å². The van der Waals surface area contributed by atoms with Crippen molar-refractivity contribution in [2.24, 2.45) is 0 Å². The Kier molecular flexibility index (Phi) is 6.53. The molecule has 0 N–H and O–H groups in total. The van der Waals surface area contributed by atoms with Crippen LogP contribution < -0.4 is 4.74 Å². The number of rotatable bonds is 6. The molecule has 3 aromatic rings. The molecular weight excluding hydrogens is 466 g/mol. The number of hydrogen-bond donors (Lipinski definition) is 0. The number of sulfonamides is 1. The van der Waals surface area contributed by atoms with Crippen LogP contribution in [0.3, 0.4) is 0 Å². The lowest BCUT2D eigenvalue weighted by Gasteiger charge is -2.19. The smallest absolute Gasteiger partial charge is 0.243 e. The molecule has 156 valence electrons. The van der Waals surface area contributed by atoms with Crippen LogP contribution in [-0.2, 0) is 34.5 Å². The Hall–Kier alpha value is -2.19. The van der Waals surface area contributed by atoms with Gasteiger partial charge in [-0.1, -0.05) is 52.3 Å². The molecule has 3 aromatic carbocycles. The van der Waals surface area contributed by atoms with Gasteiger partial charge in [-0.3, -0.25) is 0 Å². The number of halogens is 1. The van der Waals surface area contributed by atoms with Gasteiger partial charge in [-0.25, -0.2) is 8.42 Å². The molecule has 0 saturated heterocycles. The van der Waals surface area contributed by atoms with Crippen molar-refractivity contribution in [1.29, 1.82) is 0 Å². The lowest BCUT2D eigenvalue weighted by molar-refractivity contribution is 0.107. The Morgan fingerprint density at radius 1 is 0.933 bits per heavy atom. The summed E-state index contributed by atoms with van der Waals surface area (Å²) < 4.78 is 40.1. The third-order valence-corrected chi connectivity index (χ3v) is 7.29. The van der Waals surface area contributed by atoms with Crippen molar-refractivity contribution >= 4 is 26.0 Å². The maximum atomic E-state index is 13.1. The van der Waals surface area contributed by atoms with Crippen molar-refractivity contribution in [2.75, 3.05) is 13.2 Å². The van der Waals surface area contributed by atoms with Crippen molar-refractivity contribution in [3.8, 4) is 5.75 Å². The van der Waals surface area contributed by atoms with Crippen molar-refractivity contribution in [2.45, 2.75) is 24.7 Å². The summed E-state index contributed by atoms with van der Waals surface area (Å²) in [6, 6.07) is 22.5. The Labute approximate surface area is 185 Å². The first-order chi connectivity index (χ1) is 14.5. The van der Waals surface area contributed by atoms with Crippen LogP contribution in [0.1, 0.15) is 16.7 Å². The van der Waals surface area contributed by atoms with Gasteiger partial charge in [0.05, 0.1) is 18.1 Å². The third-order valence-electron chi connectivity index (χ3n) is 4.90. The van der Waals surface area contributed by atoms with Crippen molar-refractivity contribution in [3.63, 3.8) is 0 Å². The van der Waals surface area contributed by atoms with Gasteiger partial charge in [0, 0.05) is 23.1 Å². The van der Waals surface area contributed by atoms with Crippen LogP contribution in [0, 0.1) is 0 Å².